The second-order valence-electron chi connectivity index (χ2n) is 8.41. The summed E-state index contributed by atoms with van der Waals surface area (Å²) in [4.78, 5) is 9.91. The van der Waals surface area contributed by atoms with Crippen LogP contribution in [-0.2, 0) is 0 Å². The van der Waals surface area contributed by atoms with E-state index < -0.39 is 24.2 Å². The number of aryl methyl sites for hydroxylation is 1. The summed E-state index contributed by atoms with van der Waals surface area (Å²) in [5.41, 5.74) is 0.871. The number of likely N-dealkylation sites (tertiary alicyclic amines) is 1. The molecular formula is C22H23ClF5N7. The fourth-order valence-electron chi connectivity index (χ4n) is 3.96. The van der Waals surface area contributed by atoms with Gasteiger partial charge in [0.05, 0.1) is 18.3 Å². The van der Waals surface area contributed by atoms with E-state index in [1.807, 2.05) is 6.92 Å². The van der Waals surface area contributed by atoms with Gasteiger partial charge in [-0.25, -0.2) is 13.8 Å². The van der Waals surface area contributed by atoms with Gasteiger partial charge in [0.2, 0.25) is 5.95 Å². The predicted octanol–water partition coefficient (Wildman–Crippen LogP) is 6.06. The standard InChI is InChI=1S/C22H23ClF5N7/c1-12-8-19(34-33-12)31-20-15(23)11-29-21(32-20)30-18-10-16(24)14(9-17(18)25)13-2-5-35(6-3-13)7-4-22(26,27)28/h8-11,13H,2-7H2,1H3,(H3,29,30,31,32,33,34). The molecule has 0 unspecified atom stereocenters. The molecule has 0 amide bonds. The van der Waals surface area contributed by atoms with Gasteiger partial charge in [-0.05, 0) is 50.4 Å². The van der Waals surface area contributed by atoms with Crippen molar-refractivity contribution in [2.45, 2.75) is 38.3 Å². The molecular weight excluding hydrogens is 493 g/mol. The van der Waals surface area contributed by atoms with Crippen molar-refractivity contribution in [3.63, 3.8) is 0 Å². The summed E-state index contributed by atoms with van der Waals surface area (Å²) in [6.45, 7) is 2.52. The lowest BCUT2D eigenvalue weighted by Crippen LogP contribution is -2.35. The van der Waals surface area contributed by atoms with Crippen molar-refractivity contribution < 1.29 is 22.0 Å². The Hall–Kier alpha value is -2.99. The van der Waals surface area contributed by atoms with E-state index in [0.29, 0.717) is 31.7 Å². The third-order valence-electron chi connectivity index (χ3n) is 5.77. The first-order valence-corrected chi connectivity index (χ1v) is 11.3. The SMILES string of the molecule is Cc1cc(Nc2nc(Nc3cc(F)c(C4CCN(CCC(F)(F)F)CC4)cc3F)ncc2Cl)n[nH]1. The van der Waals surface area contributed by atoms with Crippen molar-refractivity contribution in [1.82, 2.24) is 25.1 Å². The predicted molar refractivity (Wildman–Crippen MR) is 122 cm³/mol. The molecule has 35 heavy (non-hydrogen) atoms. The average Bonchev–Trinajstić information content (AvgIpc) is 3.21. The van der Waals surface area contributed by atoms with Crippen LogP contribution >= 0.6 is 11.6 Å². The first kappa shape index (κ1) is 25.1. The zero-order valence-corrected chi connectivity index (χ0v) is 19.4. The van der Waals surface area contributed by atoms with Gasteiger partial charge in [0.15, 0.2) is 11.6 Å². The number of nitrogens with one attached hydrogen (secondary N) is 3. The maximum Gasteiger partial charge on any atom is 0.390 e. The van der Waals surface area contributed by atoms with E-state index in [0.717, 1.165) is 17.8 Å². The largest absolute Gasteiger partial charge is 0.390 e. The molecule has 0 spiro atoms. The van der Waals surface area contributed by atoms with Crippen LogP contribution in [0.5, 0.6) is 0 Å². The van der Waals surface area contributed by atoms with Gasteiger partial charge in [0.25, 0.3) is 0 Å². The first-order valence-electron chi connectivity index (χ1n) is 10.9. The monoisotopic (exact) mass is 515 g/mol. The number of benzene rings is 1. The third-order valence-corrected chi connectivity index (χ3v) is 6.04. The van der Waals surface area contributed by atoms with Crippen molar-refractivity contribution >= 4 is 34.9 Å². The molecule has 4 rings (SSSR count). The summed E-state index contributed by atoms with van der Waals surface area (Å²) in [5, 5.41) is 12.6. The normalized spacial score (nSPS) is 15.4. The van der Waals surface area contributed by atoms with Crippen molar-refractivity contribution in [2.24, 2.45) is 0 Å². The number of hydrogen-bond acceptors (Lipinski definition) is 6. The molecule has 0 bridgehead atoms. The Morgan fingerprint density at radius 2 is 1.86 bits per heavy atom. The van der Waals surface area contributed by atoms with Gasteiger partial charge in [-0.3, -0.25) is 5.10 Å². The minimum absolute atomic E-state index is 0.00631. The number of hydrogen-bond donors (Lipinski definition) is 3. The Morgan fingerprint density at radius 3 is 2.51 bits per heavy atom. The van der Waals surface area contributed by atoms with Crippen molar-refractivity contribution in [3.05, 3.63) is 52.3 Å². The Labute approximate surface area is 203 Å². The van der Waals surface area contributed by atoms with E-state index in [9.17, 15) is 22.0 Å². The molecule has 3 aromatic rings. The summed E-state index contributed by atoms with van der Waals surface area (Å²) >= 11 is 6.12. The summed E-state index contributed by atoms with van der Waals surface area (Å²) in [5.74, 6) is -0.891. The molecule has 0 atom stereocenters. The Balaban J connectivity index is 1.43. The van der Waals surface area contributed by atoms with Gasteiger partial charge in [-0.15, -0.1) is 0 Å². The highest BCUT2D eigenvalue weighted by atomic mass is 35.5. The van der Waals surface area contributed by atoms with E-state index in [2.05, 4.69) is 30.8 Å². The average molecular weight is 516 g/mol. The number of halogens is 6. The van der Waals surface area contributed by atoms with Crippen LogP contribution in [0, 0.1) is 18.6 Å². The molecule has 3 heterocycles. The molecule has 7 nitrogen and oxygen atoms in total. The van der Waals surface area contributed by atoms with E-state index in [1.165, 1.54) is 6.20 Å². The fraction of sp³-hybridized carbons (Fsp3) is 0.409. The number of piperidine rings is 1. The van der Waals surface area contributed by atoms with Gasteiger partial charge in [-0.2, -0.15) is 23.3 Å². The lowest BCUT2D eigenvalue weighted by molar-refractivity contribution is -0.138. The molecule has 1 saturated heterocycles. The highest BCUT2D eigenvalue weighted by Gasteiger charge is 2.30. The minimum atomic E-state index is -4.21. The van der Waals surface area contributed by atoms with E-state index >= 15 is 0 Å². The molecule has 1 aromatic carbocycles. The molecule has 13 heteroatoms. The lowest BCUT2D eigenvalue weighted by Gasteiger charge is -2.32. The highest BCUT2D eigenvalue weighted by Crippen LogP contribution is 2.34. The molecule has 188 valence electrons. The smallest absolute Gasteiger partial charge is 0.322 e. The lowest BCUT2D eigenvalue weighted by atomic mass is 9.88. The quantitative estimate of drug-likeness (QED) is 0.332. The molecule has 3 N–H and O–H groups in total. The van der Waals surface area contributed by atoms with Gasteiger partial charge >= 0.3 is 6.18 Å². The number of aromatic amines is 1. The second kappa shape index (κ2) is 10.3. The zero-order valence-electron chi connectivity index (χ0n) is 18.7. The van der Waals surface area contributed by atoms with Crippen LogP contribution < -0.4 is 10.6 Å². The van der Waals surface area contributed by atoms with Crippen LogP contribution in [0.4, 0.5) is 45.2 Å². The Kier molecular flexibility index (Phi) is 7.41. The maximum atomic E-state index is 14.9. The van der Waals surface area contributed by atoms with E-state index in [4.69, 9.17) is 11.6 Å². The molecule has 1 fully saturated rings. The molecule has 0 saturated carbocycles. The van der Waals surface area contributed by atoms with Crippen LogP contribution in [0.25, 0.3) is 0 Å². The summed E-state index contributed by atoms with van der Waals surface area (Å²) in [7, 11) is 0. The van der Waals surface area contributed by atoms with E-state index in [-0.39, 0.29) is 40.5 Å². The van der Waals surface area contributed by atoms with Crippen LogP contribution in [-0.4, -0.2) is 50.9 Å². The summed E-state index contributed by atoms with van der Waals surface area (Å²) < 4.78 is 67.1. The summed E-state index contributed by atoms with van der Waals surface area (Å²) in [6.07, 6.45) is -2.89. The number of anilines is 4. The number of aromatic nitrogens is 4. The van der Waals surface area contributed by atoms with Crippen molar-refractivity contribution in [2.75, 3.05) is 30.3 Å². The van der Waals surface area contributed by atoms with Gasteiger partial charge in [-0.1, -0.05) is 11.6 Å². The number of nitrogens with zero attached hydrogens (tertiary/aromatic N) is 4. The Bertz CT molecular complexity index is 1180. The van der Waals surface area contributed by atoms with E-state index in [1.54, 1.807) is 11.0 Å². The van der Waals surface area contributed by atoms with Gasteiger partial charge in [0, 0.05) is 24.4 Å². The number of alkyl halides is 3. The highest BCUT2D eigenvalue weighted by molar-refractivity contribution is 6.32. The first-order chi connectivity index (χ1) is 16.6. The number of H-pyrrole nitrogens is 1. The summed E-state index contributed by atoms with van der Waals surface area (Å²) in [6, 6.07) is 3.89. The van der Waals surface area contributed by atoms with Gasteiger partial charge in [0.1, 0.15) is 16.7 Å². The zero-order chi connectivity index (χ0) is 25.2. The number of rotatable bonds is 7. The van der Waals surface area contributed by atoms with Crippen LogP contribution in [0.15, 0.2) is 24.4 Å². The van der Waals surface area contributed by atoms with Crippen LogP contribution in [0.2, 0.25) is 5.02 Å². The van der Waals surface area contributed by atoms with Crippen LogP contribution in [0.1, 0.15) is 36.4 Å². The second-order valence-corrected chi connectivity index (χ2v) is 8.82. The van der Waals surface area contributed by atoms with Crippen molar-refractivity contribution in [3.8, 4) is 0 Å². The molecule has 1 aliphatic rings. The minimum Gasteiger partial charge on any atom is -0.322 e. The maximum absolute atomic E-state index is 14.9. The topological polar surface area (TPSA) is 81.8 Å². The molecule has 1 aliphatic heterocycles. The fourth-order valence-corrected chi connectivity index (χ4v) is 4.10. The molecule has 0 radical (unpaired) electrons. The molecule has 2 aromatic heterocycles. The van der Waals surface area contributed by atoms with Crippen molar-refractivity contribution in [1.29, 1.82) is 0 Å². The van der Waals surface area contributed by atoms with Crippen LogP contribution in [0.3, 0.4) is 0 Å². The third kappa shape index (κ3) is 6.57. The van der Waals surface area contributed by atoms with Gasteiger partial charge < -0.3 is 15.5 Å². The Morgan fingerprint density at radius 1 is 1.11 bits per heavy atom. The molecule has 0 aliphatic carbocycles.